The minimum atomic E-state index is -1.70. The van der Waals surface area contributed by atoms with E-state index in [2.05, 4.69) is 5.32 Å². The fourth-order valence-corrected chi connectivity index (χ4v) is 1.76. The Labute approximate surface area is 134 Å². The molecule has 0 aromatic heterocycles. The SMILES string of the molecule is CC(Oc1ccc([N+](=O)[O-])cc1)C(=O)Nc1ccc(F)c(F)c1F. The molecule has 1 unspecified atom stereocenters. The van der Waals surface area contributed by atoms with Crippen LogP contribution in [0, 0.1) is 27.6 Å². The lowest BCUT2D eigenvalue weighted by Crippen LogP contribution is -2.30. The Morgan fingerprint density at radius 1 is 1.12 bits per heavy atom. The maximum absolute atomic E-state index is 13.5. The van der Waals surface area contributed by atoms with Gasteiger partial charge >= 0.3 is 0 Å². The number of hydrogen-bond donors (Lipinski definition) is 1. The van der Waals surface area contributed by atoms with Gasteiger partial charge < -0.3 is 10.1 Å². The summed E-state index contributed by atoms with van der Waals surface area (Å²) in [6, 6.07) is 6.52. The third kappa shape index (κ3) is 3.80. The Balaban J connectivity index is 2.04. The number of benzene rings is 2. The molecule has 0 saturated carbocycles. The number of carbonyl (C=O) groups excluding carboxylic acids is 1. The van der Waals surface area contributed by atoms with Crippen LogP contribution in [-0.4, -0.2) is 16.9 Å². The van der Waals surface area contributed by atoms with Crippen LogP contribution in [0.1, 0.15) is 6.92 Å². The highest BCUT2D eigenvalue weighted by Crippen LogP contribution is 2.21. The molecular weight excluding hydrogens is 329 g/mol. The molecule has 2 aromatic rings. The van der Waals surface area contributed by atoms with E-state index in [0.29, 0.717) is 6.07 Å². The second-order valence-corrected chi connectivity index (χ2v) is 4.72. The molecule has 0 fully saturated rings. The van der Waals surface area contributed by atoms with Crippen LogP contribution in [0.4, 0.5) is 24.5 Å². The monoisotopic (exact) mass is 340 g/mol. The third-order valence-electron chi connectivity index (χ3n) is 3.02. The minimum absolute atomic E-state index is 0.150. The van der Waals surface area contributed by atoms with Gasteiger partial charge in [0.1, 0.15) is 5.75 Å². The van der Waals surface area contributed by atoms with Gasteiger partial charge in [-0.05, 0) is 31.2 Å². The average Bonchev–Trinajstić information content (AvgIpc) is 2.55. The van der Waals surface area contributed by atoms with Crippen molar-refractivity contribution in [3.63, 3.8) is 0 Å². The summed E-state index contributed by atoms with van der Waals surface area (Å²) in [7, 11) is 0. The smallest absolute Gasteiger partial charge is 0.269 e. The van der Waals surface area contributed by atoms with Gasteiger partial charge in [-0.15, -0.1) is 0 Å². The molecule has 0 radical (unpaired) electrons. The van der Waals surface area contributed by atoms with Crippen LogP contribution < -0.4 is 10.1 Å². The number of carbonyl (C=O) groups is 1. The number of nitro groups is 1. The van der Waals surface area contributed by atoms with Crippen molar-refractivity contribution in [1.82, 2.24) is 0 Å². The van der Waals surface area contributed by atoms with Crippen molar-refractivity contribution in [3.8, 4) is 5.75 Å². The molecule has 0 heterocycles. The highest BCUT2D eigenvalue weighted by Gasteiger charge is 2.20. The first-order valence-electron chi connectivity index (χ1n) is 6.65. The van der Waals surface area contributed by atoms with Crippen molar-refractivity contribution in [3.05, 3.63) is 64.0 Å². The van der Waals surface area contributed by atoms with Gasteiger partial charge in [-0.25, -0.2) is 13.2 Å². The number of amides is 1. The topological polar surface area (TPSA) is 81.5 Å². The summed E-state index contributed by atoms with van der Waals surface area (Å²) in [5.41, 5.74) is -0.679. The number of nitrogens with one attached hydrogen (secondary N) is 1. The van der Waals surface area contributed by atoms with Gasteiger partial charge in [-0.3, -0.25) is 14.9 Å². The molecule has 2 rings (SSSR count). The number of halogens is 3. The number of non-ortho nitro benzene ring substituents is 1. The van der Waals surface area contributed by atoms with Crippen LogP contribution in [0.2, 0.25) is 0 Å². The summed E-state index contributed by atoms with van der Waals surface area (Å²) in [6.45, 7) is 1.34. The van der Waals surface area contributed by atoms with Crippen LogP contribution >= 0.6 is 0 Å². The lowest BCUT2D eigenvalue weighted by molar-refractivity contribution is -0.384. The molecule has 9 heteroatoms. The van der Waals surface area contributed by atoms with Gasteiger partial charge in [0, 0.05) is 12.1 Å². The van der Waals surface area contributed by atoms with Crippen molar-refractivity contribution in [2.45, 2.75) is 13.0 Å². The van der Waals surface area contributed by atoms with Crippen molar-refractivity contribution in [2.75, 3.05) is 5.32 Å². The quantitative estimate of drug-likeness (QED) is 0.514. The van der Waals surface area contributed by atoms with E-state index in [0.717, 1.165) is 6.07 Å². The fourth-order valence-electron chi connectivity index (χ4n) is 1.76. The Hall–Kier alpha value is -3.10. The number of ether oxygens (including phenoxy) is 1. The number of anilines is 1. The van der Waals surface area contributed by atoms with E-state index in [1.54, 1.807) is 0 Å². The van der Waals surface area contributed by atoms with E-state index in [1.807, 2.05) is 0 Å². The van der Waals surface area contributed by atoms with Crippen LogP contribution in [0.25, 0.3) is 0 Å². The Bertz CT molecular complexity index is 781. The Morgan fingerprint density at radius 2 is 1.75 bits per heavy atom. The first-order chi connectivity index (χ1) is 11.3. The highest BCUT2D eigenvalue weighted by atomic mass is 19.2. The summed E-state index contributed by atoms with van der Waals surface area (Å²) < 4.78 is 44.7. The third-order valence-corrected chi connectivity index (χ3v) is 3.02. The lowest BCUT2D eigenvalue weighted by Gasteiger charge is -2.15. The van der Waals surface area contributed by atoms with Gasteiger partial charge in [0.05, 0.1) is 10.6 Å². The second-order valence-electron chi connectivity index (χ2n) is 4.72. The fraction of sp³-hybridized carbons (Fsp3) is 0.133. The van der Waals surface area contributed by atoms with Gasteiger partial charge in [0.15, 0.2) is 23.6 Å². The summed E-state index contributed by atoms with van der Waals surface area (Å²) in [5, 5.41) is 12.6. The van der Waals surface area contributed by atoms with E-state index >= 15 is 0 Å². The molecule has 24 heavy (non-hydrogen) atoms. The maximum atomic E-state index is 13.5. The zero-order valence-corrected chi connectivity index (χ0v) is 12.3. The van der Waals surface area contributed by atoms with Crippen LogP contribution in [0.3, 0.4) is 0 Å². The van der Waals surface area contributed by atoms with E-state index in [-0.39, 0.29) is 11.4 Å². The maximum Gasteiger partial charge on any atom is 0.269 e. The molecule has 0 bridgehead atoms. The second kappa shape index (κ2) is 6.99. The van der Waals surface area contributed by atoms with E-state index < -0.39 is 40.1 Å². The average molecular weight is 340 g/mol. The van der Waals surface area contributed by atoms with Crippen molar-refractivity contribution in [1.29, 1.82) is 0 Å². The van der Waals surface area contributed by atoms with Crippen molar-refractivity contribution < 1.29 is 27.6 Å². The van der Waals surface area contributed by atoms with Crippen LogP contribution in [0.15, 0.2) is 36.4 Å². The van der Waals surface area contributed by atoms with Gasteiger partial charge in [-0.1, -0.05) is 0 Å². The Morgan fingerprint density at radius 3 is 2.33 bits per heavy atom. The molecule has 0 spiro atoms. The number of nitro benzene ring substituents is 1. The number of nitrogens with zero attached hydrogens (tertiary/aromatic N) is 1. The van der Waals surface area contributed by atoms with Gasteiger partial charge in [0.25, 0.3) is 11.6 Å². The molecule has 6 nitrogen and oxygen atoms in total. The molecule has 0 aliphatic heterocycles. The first-order valence-corrected chi connectivity index (χ1v) is 6.65. The minimum Gasteiger partial charge on any atom is -0.481 e. The van der Waals surface area contributed by atoms with Crippen molar-refractivity contribution >= 4 is 17.3 Å². The molecule has 1 amide bonds. The molecule has 0 saturated heterocycles. The van der Waals surface area contributed by atoms with E-state index in [4.69, 9.17) is 4.74 Å². The highest BCUT2D eigenvalue weighted by molar-refractivity contribution is 5.94. The van der Waals surface area contributed by atoms with Crippen molar-refractivity contribution in [2.24, 2.45) is 0 Å². The summed E-state index contributed by atoms with van der Waals surface area (Å²) >= 11 is 0. The molecule has 0 aliphatic carbocycles. The summed E-state index contributed by atoms with van der Waals surface area (Å²) in [6.07, 6.45) is -1.11. The number of rotatable bonds is 5. The molecule has 1 atom stereocenters. The van der Waals surface area contributed by atoms with E-state index in [9.17, 15) is 28.1 Å². The zero-order valence-electron chi connectivity index (χ0n) is 12.3. The van der Waals surface area contributed by atoms with Crippen LogP contribution in [-0.2, 0) is 4.79 Å². The Kier molecular flexibility index (Phi) is 5.02. The predicted octanol–water partition coefficient (Wildman–Crippen LogP) is 3.42. The standard InChI is InChI=1S/C15H11F3N2O4/c1-8(24-10-4-2-9(3-5-10)20(22)23)15(21)19-12-7-6-11(16)13(17)14(12)18/h2-8H,1H3,(H,19,21). The summed E-state index contributed by atoms with van der Waals surface area (Å²) in [4.78, 5) is 21.9. The van der Waals surface area contributed by atoms with Crippen LogP contribution in [0.5, 0.6) is 5.75 Å². The lowest BCUT2D eigenvalue weighted by atomic mass is 10.2. The molecule has 1 N–H and O–H groups in total. The van der Waals surface area contributed by atoms with E-state index in [1.165, 1.54) is 31.2 Å². The molecular formula is C15H11F3N2O4. The summed E-state index contributed by atoms with van der Waals surface area (Å²) in [5.74, 6) is -5.23. The molecule has 126 valence electrons. The number of hydrogen-bond acceptors (Lipinski definition) is 4. The first kappa shape index (κ1) is 17.3. The molecule has 0 aliphatic rings. The van der Waals surface area contributed by atoms with Gasteiger partial charge in [-0.2, -0.15) is 0 Å². The van der Waals surface area contributed by atoms with Gasteiger partial charge in [0.2, 0.25) is 0 Å². The predicted molar refractivity (Wildman–Crippen MR) is 78.1 cm³/mol. The normalized spacial score (nSPS) is 11.7. The molecule has 2 aromatic carbocycles. The zero-order chi connectivity index (χ0) is 17.9. The largest absolute Gasteiger partial charge is 0.481 e.